The number of aromatic nitrogens is 1. The molecule has 0 amide bonds. The van der Waals surface area contributed by atoms with Gasteiger partial charge >= 0.3 is 0 Å². The molecular formula is C13H21N3O. The summed E-state index contributed by atoms with van der Waals surface area (Å²) in [7, 11) is 0. The van der Waals surface area contributed by atoms with Crippen LogP contribution in [0.15, 0.2) is 24.5 Å². The molecule has 4 nitrogen and oxygen atoms in total. The molecule has 2 heterocycles. The van der Waals surface area contributed by atoms with Gasteiger partial charge in [-0.1, -0.05) is 6.07 Å². The Morgan fingerprint density at radius 3 is 2.71 bits per heavy atom. The molecule has 0 saturated carbocycles. The molecule has 0 aliphatic carbocycles. The largest absolute Gasteiger partial charge is 0.395 e. The second-order valence-corrected chi connectivity index (χ2v) is 4.56. The van der Waals surface area contributed by atoms with E-state index in [9.17, 15) is 0 Å². The van der Waals surface area contributed by atoms with E-state index in [0.29, 0.717) is 6.04 Å². The normalized spacial score (nSPS) is 20.4. The highest BCUT2D eigenvalue weighted by Gasteiger charge is 2.21. The van der Waals surface area contributed by atoms with E-state index in [0.717, 1.165) is 32.7 Å². The van der Waals surface area contributed by atoms with Gasteiger partial charge in [-0.2, -0.15) is 0 Å². The summed E-state index contributed by atoms with van der Waals surface area (Å²) in [5.41, 5.74) is 1.28. The van der Waals surface area contributed by atoms with Gasteiger partial charge in [0.1, 0.15) is 0 Å². The van der Waals surface area contributed by atoms with E-state index in [1.54, 1.807) is 0 Å². The average molecular weight is 235 g/mol. The van der Waals surface area contributed by atoms with E-state index in [-0.39, 0.29) is 6.61 Å². The molecule has 0 bridgehead atoms. The zero-order chi connectivity index (χ0) is 12.1. The van der Waals surface area contributed by atoms with Gasteiger partial charge in [-0.25, -0.2) is 0 Å². The molecule has 0 aromatic carbocycles. The maximum absolute atomic E-state index is 8.91. The standard InChI is InChI=1S/C13H21N3O/c1-12(13-3-2-4-14-11-13)16-7-5-15(6-8-16)9-10-17/h2-4,11-12,17H,5-10H2,1H3. The quantitative estimate of drug-likeness (QED) is 0.836. The molecule has 1 atom stereocenters. The first-order chi connectivity index (χ1) is 8.31. The number of pyridine rings is 1. The predicted molar refractivity (Wildman–Crippen MR) is 67.8 cm³/mol. The highest BCUT2D eigenvalue weighted by Crippen LogP contribution is 2.20. The number of hydrogen-bond donors (Lipinski definition) is 1. The Balaban J connectivity index is 1.88. The van der Waals surface area contributed by atoms with Crippen LogP contribution in [0.3, 0.4) is 0 Å². The van der Waals surface area contributed by atoms with E-state index in [1.807, 2.05) is 18.5 Å². The summed E-state index contributed by atoms with van der Waals surface area (Å²) in [6.07, 6.45) is 3.76. The van der Waals surface area contributed by atoms with Gasteiger partial charge in [0.2, 0.25) is 0 Å². The molecule has 17 heavy (non-hydrogen) atoms. The van der Waals surface area contributed by atoms with Gasteiger partial charge in [-0.15, -0.1) is 0 Å². The van der Waals surface area contributed by atoms with E-state index < -0.39 is 0 Å². The van der Waals surface area contributed by atoms with Gasteiger partial charge in [-0.3, -0.25) is 14.8 Å². The van der Waals surface area contributed by atoms with Crippen LogP contribution in [-0.2, 0) is 0 Å². The second kappa shape index (κ2) is 6.10. The maximum Gasteiger partial charge on any atom is 0.0558 e. The summed E-state index contributed by atoms with van der Waals surface area (Å²) in [4.78, 5) is 8.96. The second-order valence-electron chi connectivity index (χ2n) is 4.56. The number of aliphatic hydroxyl groups excluding tert-OH is 1. The van der Waals surface area contributed by atoms with Gasteiger partial charge < -0.3 is 5.11 Å². The minimum atomic E-state index is 0.262. The van der Waals surface area contributed by atoms with E-state index in [4.69, 9.17) is 5.11 Å². The number of aliphatic hydroxyl groups is 1. The third-order valence-corrected chi connectivity index (χ3v) is 3.54. The summed E-state index contributed by atoms with van der Waals surface area (Å²) < 4.78 is 0. The Kier molecular flexibility index (Phi) is 4.48. The van der Waals surface area contributed by atoms with Crippen molar-refractivity contribution in [3.8, 4) is 0 Å². The smallest absolute Gasteiger partial charge is 0.0558 e. The highest BCUT2D eigenvalue weighted by atomic mass is 16.3. The van der Waals surface area contributed by atoms with Crippen LogP contribution in [0.2, 0.25) is 0 Å². The fourth-order valence-electron chi connectivity index (χ4n) is 2.35. The lowest BCUT2D eigenvalue weighted by Gasteiger charge is -2.37. The van der Waals surface area contributed by atoms with Crippen LogP contribution in [-0.4, -0.2) is 59.2 Å². The summed E-state index contributed by atoms with van der Waals surface area (Å²) in [5, 5.41) is 8.91. The monoisotopic (exact) mass is 235 g/mol. The maximum atomic E-state index is 8.91. The van der Waals surface area contributed by atoms with Crippen molar-refractivity contribution in [1.82, 2.24) is 14.8 Å². The van der Waals surface area contributed by atoms with Crippen molar-refractivity contribution in [3.63, 3.8) is 0 Å². The van der Waals surface area contributed by atoms with E-state index in [1.165, 1.54) is 5.56 Å². The van der Waals surface area contributed by atoms with Crippen molar-refractivity contribution in [2.24, 2.45) is 0 Å². The van der Waals surface area contributed by atoms with Crippen molar-refractivity contribution in [3.05, 3.63) is 30.1 Å². The molecule has 94 valence electrons. The molecule has 1 unspecified atom stereocenters. The van der Waals surface area contributed by atoms with E-state index >= 15 is 0 Å². The van der Waals surface area contributed by atoms with Crippen LogP contribution >= 0.6 is 0 Å². The Bertz CT molecular complexity index is 323. The van der Waals surface area contributed by atoms with Gasteiger partial charge in [0.15, 0.2) is 0 Å². The SMILES string of the molecule is CC(c1cccnc1)N1CCN(CCO)CC1. The fraction of sp³-hybridized carbons (Fsp3) is 0.615. The van der Waals surface area contributed by atoms with Crippen LogP contribution in [0.4, 0.5) is 0 Å². The first kappa shape index (κ1) is 12.5. The number of piperazine rings is 1. The van der Waals surface area contributed by atoms with Gasteiger partial charge in [0.25, 0.3) is 0 Å². The number of nitrogens with zero attached hydrogens (tertiary/aromatic N) is 3. The van der Waals surface area contributed by atoms with Crippen LogP contribution in [0.5, 0.6) is 0 Å². The van der Waals surface area contributed by atoms with Crippen molar-refractivity contribution in [2.45, 2.75) is 13.0 Å². The lowest BCUT2D eigenvalue weighted by Crippen LogP contribution is -2.47. The van der Waals surface area contributed by atoms with Crippen molar-refractivity contribution in [1.29, 1.82) is 0 Å². The topological polar surface area (TPSA) is 39.6 Å². The van der Waals surface area contributed by atoms with Crippen molar-refractivity contribution >= 4 is 0 Å². The third kappa shape index (κ3) is 3.25. The summed E-state index contributed by atoms with van der Waals surface area (Å²) in [6.45, 7) is 7.52. The molecule has 0 spiro atoms. The molecule has 2 rings (SSSR count). The third-order valence-electron chi connectivity index (χ3n) is 3.54. The zero-order valence-electron chi connectivity index (χ0n) is 10.4. The van der Waals surface area contributed by atoms with Gasteiger partial charge in [0, 0.05) is 51.2 Å². The first-order valence-electron chi connectivity index (χ1n) is 6.28. The van der Waals surface area contributed by atoms with Gasteiger partial charge in [-0.05, 0) is 18.6 Å². The van der Waals surface area contributed by atoms with Crippen molar-refractivity contribution < 1.29 is 5.11 Å². The molecule has 1 N–H and O–H groups in total. The van der Waals surface area contributed by atoms with Crippen LogP contribution < -0.4 is 0 Å². The zero-order valence-corrected chi connectivity index (χ0v) is 10.4. The fourth-order valence-corrected chi connectivity index (χ4v) is 2.35. The number of rotatable bonds is 4. The van der Waals surface area contributed by atoms with Crippen molar-refractivity contribution in [2.75, 3.05) is 39.3 Å². The van der Waals surface area contributed by atoms with E-state index in [2.05, 4.69) is 27.8 Å². The number of β-amino-alcohol motifs (C(OH)–C–C–N with tert-alkyl or cyclic N) is 1. The Morgan fingerprint density at radius 2 is 2.12 bits per heavy atom. The Hall–Kier alpha value is -0.970. The first-order valence-corrected chi connectivity index (χ1v) is 6.28. The predicted octanol–water partition coefficient (Wildman–Crippen LogP) is 0.752. The molecule has 1 aliphatic heterocycles. The van der Waals surface area contributed by atoms with Gasteiger partial charge in [0.05, 0.1) is 6.61 Å². The van der Waals surface area contributed by atoms with Crippen LogP contribution in [0, 0.1) is 0 Å². The average Bonchev–Trinajstić information content (AvgIpc) is 2.40. The lowest BCUT2D eigenvalue weighted by molar-refractivity contribution is 0.0887. The molecule has 1 aliphatic rings. The Morgan fingerprint density at radius 1 is 1.35 bits per heavy atom. The highest BCUT2D eigenvalue weighted by molar-refractivity contribution is 5.13. The Labute approximate surface area is 103 Å². The summed E-state index contributed by atoms with van der Waals surface area (Å²) >= 11 is 0. The molecule has 1 aromatic heterocycles. The molecule has 1 aromatic rings. The summed E-state index contributed by atoms with van der Waals surface area (Å²) in [6, 6.07) is 4.56. The molecule has 1 saturated heterocycles. The minimum Gasteiger partial charge on any atom is -0.395 e. The lowest BCUT2D eigenvalue weighted by atomic mass is 10.1. The molecule has 0 radical (unpaired) electrons. The van der Waals surface area contributed by atoms with Crippen LogP contribution in [0.25, 0.3) is 0 Å². The van der Waals surface area contributed by atoms with Crippen LogP contribution in [0.1, 0.15) is 18.5 Å². The molecule has 1 fully saturated rings. The minimum absolute atomic E-state index is 0.262. The molecule has 4 heteroatoms. The number of hydrogen-bond acceptors (Lipinski definition) is 4. The summed E-state index contributed by atoms with van der Waals surface area (Å²) in [5.74, 6) is 0. The molecular weight excluding hydrogens is 214 g/mol.